The van der Waals surface area contributed by atoms with Crippen LogP contribution in [-0.4, -0.2) is 24.7 Å². The fourth-order valence-corrected chi connectivity index (χ4v) is 1.87. The summed E-state index contributed by atoms with van der Waals surface area (Å²) >= 11 is 0. The summed E-state index contributed by atoms with van der Waals surface area (Å²) in [4.78, 5) is 8.64. The van der Waals surface area contributed by atoms with Crippen LogP contribution < -0.4 is 0 Å². The lowest BCUT2D eigenvalue weighted by Crippen LogP contribution is -2.02. The lowest BCUT2D eigenvalue weighted by molar-refractivity contribution is 0.423. The number of pyridine rings is 1. The van der Waals surface area contributed by atoms with E-state index >= 15 is 0 Å². The van der Waals surface area contributed by atoms with E-state index in [1.165, 1.54) is 0 Å². The largest absolute Gasteiger partial charge is 0.423 e. The van der Waals surface area contributed by atoms with Crippen molar-refractivity contribution in [2.75, 3.05) is 0 Å². The molecule has 0 atom stereocenters. The van der Waals surface area contributed by atoms with Gasteiger partial charge in [-0.3, -0.25) is 4.98 Å². The molecule has 0 unspecified atom stereocenters. The molecule has 0 aliphatic heterocycles. The summed E-state index contributed by atoms with van der Waals surface area (Å²) in [6.07, 6.45) is 5.37. The van der Waals surface area contributed by atoms with Crippen LogP contribution >= 0.6 is 0 Å². The molecule has 0 saturated carbocycles. The van der Waals surface area contributed by atoms with Gasteiger partial charge in [-0.25, -0.2) is 4.98 Å². The summed E-state index contributed by atoms with van der Waals surface area (Å²) in [5, 5.41) is 8.09. The van der Waals surface area contributed by atoms with E-state index in [-0.39, 0.29) is 5.92 Å². The molecule has 0 aliphatic carbocycles. The van der Waals surface area contributed by atoms with Crippen LogP contribution in [0.4, 0.5) is 0 Å². The first-order valence-corrected chi connectivity index (χ1v) is 6.49. The number of aromatic nitrogens is 5. The highest BCUT2D eigenvalue weighted by Crippen LogP contribution is 2.17. The Morgan fingerprint density at radius 3 is 2.75 bits per heavy atom. The van der Waals surface area contributed by atoms with Crippen LogP contribution in [0, 0.1) is 0 Å². The fraction of sp³-hybridized carbons (Fsp3) is 0.286. The molecular weight excluding hydrogens is 254 g/mol. The first kappa shape index (κ1) is 12.5. The van der Waals surface area contributed by atoms with Crippen molar-refractivity contribution in [2.45, 2.75) is 26.3 Å². The van der Waals surface area contributed by atoms with Crippen LogP contribution in [0.1, 0.15) is 31.5 Å². The Hall–Kier alpha value is -2.50. The van der Waals surface area contributed by atoms with Gasteiger partial charge in [0, 0.05) is 24.5 Å². The summed E-state index contributed by atoms with van der Waals surface area (Å²) in [6.45, 7) is 4.54. The van der Waals surface area contributed by atoms with Crippen LogP contribution in [0.25, 0.3) is 11.5 Å². The fourth-order valence-electron chi connectivity index (χ4n) is 1.87. The maximum atomic E-state index is 5.62. The van der Waals surface area contributed by atoms with Gasteiger partial charge < -0.3 is 8.98 Å². The SMILES string of the molecule is CC(C)c1nnc(Cn2ccnc2-c2ccccn2)o1. The standard InChI is InChI=1S/C14H15N5O/c1-10(2)14-18-17-12(20-14)9-19-8-7-16-13(19)11-5-3-4-6-15-11/h3-8,10H,9H2,1-2H3. The second-order valence-electron chi connectivity index (χ2n) is 4.78. The Kier molecular flexibility index (Phi) is 3.28. The Labute approximate surface area is 116 Å². The topological polar surface area (TPSA) is 69.6 Å². The highest BCUT2D eigenvalue weighted by atomic mass is 16.4. The molecule has 0 N–H and O–H groups in total. The van der Waals surface area contributed by atoms with Gasteiger partial charge in [0.1, 0.15) is 12.2 Å². The third kappa shape index (κ3) is 2.45. The molecule has 3 heterocycles. The zero-order valence-electron chi connectivity index (χ0n) is 11.4. The van der Waals surface area contributed by atoms with Crippen molar-refractivity contribution in [1.29, 1.82) is 0 Å². The third-order valence-corrected chi connectivity index (χ3v) is 2.89. The molecule has 0 saturated heterocycles. The quantitative estimate of drug-likeness (QED) is 0.727. The van der Waals surface area contributed by atoms with Gasteiger partial charge in [0.15, 0.2) is 5.82 Å². The van der Waals surface area contributed by atoms with Crippen molar-refractivity contribution >= 4 is 0 Å². The maximum Gasteiger partial charge on any atom is 0.236 e. The molecule has 0 aromatic carbocycles. The van der Waals surface area contributed by atoms with Gasteiger partial charge in [-0.15, -0.1) is 10.2 Å². The molecule has 0 spiro atoms. The summed E-state index contributed by atoms with van der Waals surface area (Å²) in [5.74, 6) is 2.24. The van der Waals surface area contributed by atoms with E-state index in [9.17, 15) is 0 Å². The molecule has 6 heteroatoms. The van der Waals surface area contributed by atoms with E-state index in [1.54, 1.807) is 12.4 Å². The van der Waals surface area contributed by atoms with Crippen LogP contribution in [0.5, 0.6) is 0 Å². The monoisotopic (exact) mass is 269 g/mol. The Balaban J connectivity index is 1.87. The molecule has 6 nitrogen and oxygen atoms in total. The minimum atomic E-state index is 0.231. The van der Waals surface area contributed by atoms with Crippen molar-refractivity contribution < 1.29 is 4.42 Å². The summed E-state index contributed by atoms with van der Waals surface area (Å²) < 4.78 is 7.56. The van der Waals surface area contributed by atoms with Crippen LogP contribution in [0.3, 0.4) is 0 Å². The highest BCUT2D eigenvalue weighted by molar-refractivity contribution is 5.49. The molecule has 3 rings (SSSR count). The summed E-state index contributed by atoms with van der Waals surface area (Å²) in [6, 6.07) is 5.74. The number of rotatable bonds is 4. The van der Waals surface area contributed by atoms with E-state index in [2.05, 4.69) is 20.2 Å². The number of nitrogens with zero attached hydrogens (tertiary/aromatic N) is 5. The Morgan fingerprint density at radius 1 is 1.15 bits per heavy atom. The molecule has 0 fully saturated rings. The second-order valence-corrected chi connectivity index (χ2v) is 4.78. The molecule has 3 aromatic rings. The number of hydrogen-bond donors (Lipinski definition) is 0. The summed E-state index contributed by atoms with van der Waals surface area (Å²) in [5.41, 5.74) is 0.820. The van der Waals surface area contributed by atoms with Gasteiger partial charge in [0.25, 0.3) is 0 Å². The highest BCUT2D eigenvalue weighted by Gasteiger charge is 2.12. The molecular formula is C14H15N5O. The molecule has 3 aromatic heterocycles. The van der Waals surface area contributed by atoms with Crippen molar-refractivity contribution in [1.82, 2.24) is 24.7 Å². The van der Waals surface area contributed by atoms with Crippen molar-refractivity contribution in [3.8, 4) is 11.5 Å². The van der Waals surface area contributed by atoms with E-state index in [0.717, 1.165) is 11.5 Å². The average molecular weight is 269 g/mol. The predicted molar refractivity (Wildman–Crippen MR) is 72.9 cm³/mol. The number of hydrogen-bond acceptors (Lipinski definition) is 5. The third-order valence-electron chi connectivity index (χ3n) is 2.89. The minimum absolute atomic E-state index is 0.231. The molecule has 0 amide bonds. The molecule has 0 bridgehead atoms. The van der Waals surface area contributed by atoms with Crippen LogP contribution in [-0.2, 0) is 6.54 Å². The molecule has 20 heavy (non-hydrogen) atoms. The van der Waals surface area contributed by atoms with Gasteiger partial charge in [0.05, 0.1) is 0 Å². The number of imidazole rings is 1. The molecule has 102 valence electrons. The van der Waals surface area contributed by atoms with Crippen molar-refractivity contribution in [3.05, 3.63) is 48.6 Å². The average Bonchev–Trinajstić information content (AvgIpc) is 3.09. The molecule has 0 aliphatic rings. The predicted octanol–water partition coefficient (Wildman–Crippen LogP) is 2.50. The Bertz CT molecular complexity index is 686. The lowest BCUT2D eigenvalue weighted by Gasteiger charge is -2.04. The zero-order valence-corrected chi connectivity index (χ0v) is 11.4. The van der Waals surface area contributed by atoms with E-state index < -0.39 is 0 Å². The van der Waals surface area contributed by atoms with Gasteiger partial charge >= 0.3 is 0 Å². The van der Waals surface area contributed by atoms with Gasteiger partial charge in [-0.05, 0) is 12.1 Å². The van der Waals surface area contributed by atoms with Crippen molar-refractivity contribution in [2.24, 2.45) is 0 Å². The van der Waals surface area contributed by atoms with Gasteiger partial charge in [-0.2, -0.15) is 0 Å². The van der Waals surface area contributed by atoms with E-state index in [4.69, 9.17) is 4.42 Å². The first-order valence-electron chi connectivity index (χ1n) is 6.49. The van der Waals surface area contributed by atoms with Crippen LogP contribution in [0.2, 0.25) is 0 Å². The molecule has 0 radical (unpaired) electrons. The van der Waals surface area contributed by atoms with Gasteiger partial charge in [0.2, 0.25) is 11.8 Å². The second kappa shape index (κ2) is 5.24. The normalized spacial score (nSPS) is 11.2. The maximum absolute atomic E-state index is 5.62. The minimum Gasteiger partial charge on any atom is -0.423 e. The first-order chi connectivity index (χ1) is 9.74. The smallest absolute Gasteiger partial charge is 0.236 e. The summed E-state index contributed by atoms with van der Waals surface area (Å²) in [7, 11) is 0. The van der Waals surface area contributed by atoms with Crippen LogP contribution in [0.15, 0.2) is 41.2 Å². The van der Waals surface area contributed by atoms with Crippen molar-refractivity contribution in [3.63, 3.8) is 0 Å². The zero-order chi connectivity index (χ0) is 13.9. The van der Waals surface area contributed by atoms with Gasteiger partial charge in [-0.1, -0.05) is 19.9 Å². The van der Waals surface area contributed by atoms with E-state index in [0.29, 0.717) is 18.3 Å². The van der Waals surface area contributed by atoms with E-state index in [1.807, 2.05) is 42.8 Å². The lowest BCUT2D eigenvalue weighted by atomic mass is 10.2. The Morgan fingerprint density at radius 2 is 2.05 bits per heavy atom.